The zero-order valence-electron chi connectivity index (χ0n) is 21.8. The highest BCUT2D eigenvalue weighted by Crippen LogP contribution is 2.24. The number of carboxylic acids is 1. The SMILES string of the molecule is O=C(CSc1cccc(NC(=O)/C(=C/c2ccc(Cl)cc2)NC(=O)c2ccccc2)c1)Nc1ccc(Cl)c(C(=O)O)c1. The van der Waals surface area contributed by atoms with Crippen LogP contribution in [0.3, 0.4) is 0 Å². The quantitative estimate of drug-likeness (QED) is 0.114. The van der Waals surface area contributed by atoms with Gasteiger partial charge in [-0.05, 0) is 72.3 Å². The van der Waals surface area contributed by atoms with Crippen molar-refractivity contribution in [3.8, 4) is 0 Å². The molecule has 0 fully saturated rings. The van der Waals surface area contributed by atoms with Gasteiger partial charge >= 0.3 is 5.97 Å². The molecule has 0 radical (unpaired) electrons. The largest absolute Gasteiger partial charge is 0.478 e. The van der Waals surface area contributed by atoms with E-state index >= 15 is 0 Å². The van der Waals surface area contributed by atoms with Crippen LogP contribution in [0.1, 0.15) is 26.3 Å². The van der Waals surface area contributed by atoms with Crippen molar-refractivity contribution in [3.05, 3.63) is 129 Å². The summed E-state index contributed by atoms with van der Waals surface area (Å²) in [5.41, 5.74) is 1.71. The topological polar surface area (TPSA) is 125 Å². The summed E-state index contributed by atoms with van der Waals surface area (Å²) < 4.78 is 0. The van der Waals surface area contributed by atoms with Gasteiger partial charge in [-0.15, -0.1) is 11.8 Å². The molecule has 4 rings (SSSR count). The van der Waals surface area contributed by atoms with E-state index in [0.29, 0.717) is 32.4 Å². The van der Waals surface area contributed by atoms with Gasteiger partial charge in [0.1, 0.15) is 5.70 Å². The first kappa shape index (κ1) is 30.4. The van der Waals surface area contributed by atoms with Crippen molar-refractivity contribution in [1.29, 1.82) is 0 Å². The van der Waals surface area contributed by atoms with Crippen LogP contribution in [0.4, 0.5) is 11.4 Å². The summed E-state index contributed by atoms with van der Waals surface area (Å²) in [4.78, 5) is 50.6. The molecule has 3 amide bonds. The Morgan fingerprint density at radius 1 is 0.786 bits per heavy atom. The van der Waals surface area contributed by atoms with Crippen molar-refractivity contribution in [2.45, 2.75) is 4.90 Å². The predicted octanol–water partition coefficient (Wildman–Crippen LogP) is 6.83. The van der Waals surface area contributed by atoms with Crippen LogP contribution in [-0.2, 0) is 9.59 Å². The third kappa shape index (κ3) is 8.71. The third-order valence-electron chi connectivity index (χ3n) is 5.65. The molecule has 0 bridgehead atoms. The van der Waals surface area contributed by atoms with Crippen molar-refractivity contribution in [2.75, 3.05) is 16.4 Å². The second kappa shape index (κ2) is 14.4. The normalized spacial score (nSPS) is 11.0. The summed E-state index contributed by atoms with van der Waals surface area (Å²) in [5.74, 6) is -2.53. The predicted molar refractivity (Wildman–Crippen MR) is 166 cm³/mol. The second-order valence-electron chi connectivity index (χ2n) is 8.75. The van der Waals surface area contributed by atoms with Crippen LogP contribution >= 0.6 is 35.0 Å². The van der Waals surface area contributed by atoms with Crippen LogP contribution in [0.15, 0.2) is 108 Å². The molecule has 0 aliphatic rings. The van der Waals surface area contributed by atoms with Crippen LogP contribution in [0.5, 0.6) is 0 Å². The Morgan fingerprint density at radius 3 is 2.21 bits per heavy atom. The maximum absolute atomic E-state index is 13.3. The number of halogens is 2. The molecule has 0 aliphatic heterocycles. The second-order valence-corrected chi connectivity index (χ2v) is 10.6. The van der Waals surface area contributed by atoms with Gasteiger partial charge in [0.2, 0.25) is 5.91 Å². The fourth-order valence-electron chi connectivity index (χ4n) is 3.64. The van der Waals surface area contributed by atoms with Gasteiger partial charge in [-0.25, -0.2) is 4.79 Å². The van der Waals surface area contributed by atoms with Crippen molar-refractivity contribution in [3.63, 3.8) is 0 Å². The molecule has 0 aromatic heterocycles. The number of hydrogen-bond donors (Lipinski definition) is 4. The van der Waals surface area contributed by atoms with Gasteiger partial charge in [-0.3, -0.25) is 14.4 Å². The molecule has 0 saturated carbocycles. The van der Waals surface area contributed by atoms with E-state index < -0.39 is 17.8 Å². The first-order chi connectivity index (χ1) is 20.2. The molecule has 11 heteroatoms. The molecule has 0 atom stereocenters. The summed E-state index contributed by atoms with van der Waals surface area (Å²) in [6, 6.07) is 26.4. The average molecular weight is 621 g/mol. The summed E-state index contributed by atoms with van der Waals surface area (Å²) in [6.07, 6.45) is 1.54. The Morgan fingerprint density at radius 2 is 1.50 bits per heavy atom. The number of amides is 3. The molecule has 4 N–H and O–H groups in total. The van der Waals surface area contributed by atoms with Crippen LogP contribution in [0.2, 0.25) is 10.0 Å². The lowest BCUT2D eigenvalue weighted by Crippen LogP contribution is -2.30. The van der Waals surface area contributed by atoms with E-state index in [4.69, 9.17) is 23.2 Å². The lowest BCUT2D eigenvalue weighted by Gasteiger charge is -2.12. The number of benzene rings is 4. The maximum Gasteiger partial charge on any atom is 0.337 e. The Kier molecular flexibility index (Phi) is 10.4. The number of anilines is 2. The van der Waals surface area contributed by atoms with Gasteiger partial charge in [0, 0.05) is 26.9 Å². The van der Waals surface area contributed by atoms with Crippen LogP contribution in [-0.4, -0.2) is 34.6 Å². The van der Waals surface area contributed by atoms with Gasteiger partial charge in [-0.1, -0.05) is 59.6 Å². The molecule has 42 heavy (non-hydrogen) atoms. The molecular weight excluding hydrogens is 597 g/mol. The molecule has 212 valence electrons. The Bertz CT molecular complexity index is 1660. The van der Waals surface area contributed by atoms with Gasteiger partial charge in [0.15, 0.2) is 0 Å². The summed E-state index contributed by atoms with van der Waals surface area (Å²) in [6.45, 7) is 0. The minimum atomic E-state index is -1.20. The Balaban J connectivity index is 1.43. The number of thioether (sulfide) groups is 1. The summed E-state index contributed by atoms with van der Waals surface area (Å²) in [5, 5.41) is 17.9. The van der Waals surface area contributed by atoms with E-state index in [2.05, 4.69) is 16.0 Å². The van der Waals surface area contributed by atoms with Crippen LogP contribution in [0.25, 0.3) is 6.08 Å². The van der Waals surface area contributed by atoms with E-state index in [-0.39, 0.29) is 27.9 Å². The molecular formula is C31H23Cl2N3O5S. The van der Waals surface area contributed by atoms with E-state index in [1.807, 2.05) is 0 Å². The van der Waals surface area contributed by atoms with E-state index in [9.17, 15) is 24.3 Å². The van der Waals surface area contributed by atoms with Crippen LogP contribution < -0.4 is 16.0 Å². The molecule has 4 aromatic carbocycles. The zero-order valence-corrected chi connectivity index (χ0v) is 24.1. The fraction of sp³-hybridized carbons (Fsp3) is 0.0323. The molecule has 4 aromatic rings. The molecule has 0 spiro atoms. The van der Waals surface area contributed by atoms with Crippen LogP contribution in [0, 0.1) is 0 Å². The van der Waals surface area contributed by atoms with Crippen molar-refractivity contribution in [1.82, 2.24) is 5.32 Å². The molecule has 0 heterocycles. The van der Waals surface area contributed by atoms with E-state index in [1.165, 1.54) is 30.0 Å². The Labute approximate surface area is 255 Å². The summed E-state index contributed by atoms with van der Waals surface area (Å²) in [7, 11) is 0. The molecule has 0 unspecified atom stereocenters. The number of rotatable bonds is 10. The highest BCUT2D eigenvalue weighted by molar-refractivity contribution is 8.00. The monoisotopic (exact) mass is 619 g/mol. The standard InChI is InChI=1S/C31H23Cl2N3O5S/c32-21-11-9-19(10-12-21)15-27(36-29(38)20-5-2-1-3-6-20)30(39)35-22-7-4-8-24(16-22)42-18-28(37)34-23-13-14-26(33)25(17-23)31(40)41/h1-17H,18H2,(H,34,37)(H,35,39)(H,36,38)(H,40,41)/b27-15-. The molecule has 8 nitrogen and oxygen atoms in total. The first-order valence-corrected chi connectivity index (χ1v) is 14.1. The number of carbonyl (C=O) groups excluding carboxylic acids is 3. The Hall–Kier alpha value is -4.57. The average Bonchev–Trinajstić information content (AvgIpc) is 2.98. The smallest absolute Gasteiger partial charge is 0.337 e. The molecule has 0 aliphatic carbocycles. The number of aromatic carboxylic acids is 1. The fourth-order valence-corrected chi connectivity index (χ4v) is 4.72. The van der Waals surface area contributed by atoms with E-state index in [1.54, 1.807) is 84.9 Å². The summed E-state index contributed by atoms with van der Waals surface area (Å²) >= 11 is 13.1. The zero-order chi connectivity index (χ0) is 30.1. The van der Waals surface area contributed by atoms with Gasteiger partial charge in [0.25, 0.3) is 11.8 Å². The van der Waals surface area contributed by atoms with Gasteiger partial charge < -0.3 is 21.1 Å². The van der Waals surface area contributed by atoms with Crippen molar-refractivity contribution in [2.24, 2.45) is 0 Å². The van der Waals surface area contributed by atoms with Crippen molar-refractivity contribution < 1.29 is 24.3 Å². The minimum absolute atomic E-state index is 0.0207. The minimum Gasteiger partial charge on any atom is -0.478 e. The highest BCUT2D eigenvalue weighted by Gasteiger charge is 2.16. The maximum atomic E-state index is 13.3. The van der Waals surface area contributed by atoms with E-state index in [0.717, 1.165) is 0 Å². The number of nitrogens with one attached hydrogen (secondary N) is 3. The highest BCUT2D eigenvalue weighted by atomic mass is 35.5. The lowest BCUT2D eigenvalue weighted by molar-refractivity contribution is -0.114. The lowest BCUT2D eigenvalue weighted by atomic mass is 10.1. The molecule has 0 saturated heterocycles. The van der Waals surface area contributed by atoms with Crippen molar-refractivity contribution >= 4 is 76.1 Å². The number of carbonyl (C=O) groups is 4. The number of hydrogen-bond acceptors (Lipinski definition) is 5. The number of carboxylic acid groups (broad SMARTS) is 1. The van der Waals surface area contributed by atoms with Gasteiger partial charge in [-0.2, -0.15) is 0 Å². The third-order valence-corrected chi connectivity index (χ3v) is 7.23. The van der Waals surface area contributed by atoms with Gasteiger partial charge in [0.05, 0.1) is 16.3 Å². The first-order valence-electron chi connectivity index (χ1n) is 12.4.